The molecule has 3 rings (SSSR count). The number of carbonyl (C=O) groups excluding carboxylic acids is 1. The van der Waals surface area contributed by atoms with E-state index in [0.717, 1.165) is 28.0 Å². The van der Waals surface area contributed by atoms with Gasteiger partial charge >= 0.3 is 0 Å². The Kier molecular flexibility index (Phi) is 3.84. The van der Waals surface area contributed by atoms with E-state index in [2.05, 4.69) is 29.2 Å². The van der Waals surface area contributed by atoms with E-state index in [1.807, 2.05) is 28.8 Å². The van der Waals surface area contributed by atoms with Crippen molar-refractivity contribution >= 4 is 17.9 Å². The molecule has 0 radical (unpaired) electrons. The van der Waals surface area contributed by atoms with Crippen LogP contribution >= 0.6 is 11.6 Å². The normalized spacial score (nSPS) is 10.5. The molecule has 0 aliphatic rings. The Balaban J connectivity index is 1.81. The van der Waals surface area contributed by atoms with Crippen molar-refractivity contribution in [3.05, 3.63) is 77.3 Å². The fourth-order valence-electron chi connectivity index (χ4n) is 2.20. The zero-order valence-electron chi connectivity index (χ0n) is 11.2. The van der Waals surface area contributed by atoms with Gasteiger partial charge in [-0.2, -0.15) is 0 Å². The predicted molar refractivity (Wildman–Crippen MR) is 83.6 cm³/mol. The van der Waals surface area contributed by atoms with Crippen molar-refractivity contribution < 1.29 is 4.79 Å². The Labute approximate surface area is 127 Å². The molecule has 3 aromatic rings. The first kappa shape index (κ1) is 13.6. The lowest BCUT2D eigenvalue weighted by molar-refractivity contribution is 0.111. The highest BCUT2D eigenvalue weighted by molar-refractivity contribution is 6.30. The van der Waals surface area contributed by atoms with Gasteiger partial charge in [0.2, 0.25) is 0 Å². The Bertz CT molecular complexity index is 745. The van der Waals surface area contributed by atoms with Crippen LogP contribution in [0.3, 0.4) is 0 Å². The minimum absolute atomic E-state index is 0.580. The maximum absolute atomic E-state index is 10.9. The van der Waals surface area contributed by atoms with Crippen molar-refractivity contribution in [3.8, 4) is 11.1 Å². The van der Waals surface area contributed by atoms with E-state index in [4.69, 9.17) is 11.6 Å². The van der Waals surface area contributed by atoms with Crippen molar-refractivity contribution in [1.82, 2.24) is 9.55 Å². The van der Waals surface area contributed by atoms with Gasteiger partial charge in [0.1, 0.15) is 5.69 Å². The average molecular weight is 297 g/mol. The number of halogens is 1. The van der Waals surface area contributed by atoms with E-state index in [1.165, 1.54) is 0 Å². The molecule has 4 heteroatoms. The number of aromatic nitrogens is 2. The van der Waals surface area contributed by atoms with Crippen LogP contribution in [0.1, 0.15) is 16.1 Å². The molecule has 0 unspecified atom stereocenters. The van der Waals surface area contributed by atoms with Crippen LogP contribution in [0.15, 0.2) is 61.1 Å². The molecule has 0 bridgehead atoms. The lowest BCUT2D eigenvalue weighted by atomic mass is 10.0. The Morgan fingerprint density at radius 3 is 2.24 bits per heavy atom. The molecule has 21 heavy (non-hydrogen) atoms. The predicted octanol–water partition coefficient (Wildman–Crippen LogP) is 4.06. The molecule has 3 nitrogen and oxygen atoms in total. The van der Waals surface area contributed by atoms with E-state index in [1.54, 1.807) is 12.5 Å². The number of hydrogen-bond donors (Lipinski definition) is 0. The molecule has 0 N–H and O–H groups in total. The van der Waals surface area contributed by atoms with Gasteiger partial charge in [-0.1, -0.05) is 48.0 Å². The van der Waals surface area contributed by atoms with E-state index < -0.39 is 0 Å². The summed E-state index contributed by atoms with van der Waals surface area (Å²) < 4.78 is 1.82. The highest BCUT2D eigenvalue weighted by Gasteiger charge is 2.02. The number of rotatable bonds is 4. The van der Waals surface area contributed by atoms with Gasteiger partial charge in [-0.3, -0.25) is 4.79 Å². The molecule has 0 saturated heterocycles. The van der Waals surface area contributed by atoms with Crippen molar-refractivity contribution in [2.75, 3.05) is 0 Å². The van der Waals surface area contributed by atoms with E-state index in [0.29, 0.717) is 12.2 Å². The summed E-state index contributed by atoms with van der Waals surface area (Å²) in [6, 6.07) is 16.0. The maximum atomic E-state index is 10.9. The minimum Gasteiger partial charge on any atom is -0.324 e. The molecule has 1 heterocycles. The standard InChI is InChI=1S/C17H13ClN2O/c18-16-7-5-15(6-8-16)14-3-1-13(2-4-14)10-20-12-19-9-17(20)11-21/h1-9,11-12H,10H2. The molecule has 104 valence electrons. The molecule has 2 aromatic carbocycles. The monoisotopic (exact) mass is 296 g/mol. The number of aldehydes is 1. The molecule has 0 atom stereocenters. The molecule has 0 aliphatic heterocycles. The van der Waals surface area contributed by atoms with Gasteiger partial charge in [0.25, 0.3) is 0 Å². The second-order valence-electron chi connectivity index (χ2n) is 4.77. The summed E-state index contributed by atoms with van der Waals surface area (Å²) in [5.41, 5.74) is 3.96. The van der Waals surface area contributed by atoms with Crippen LogP contribution in [0.25, 0.3) is 11.1 Å². The van der Waals surface area contributed by atoms with E-state index in [-0.39, 0.29) is 0 Å². The van der Waals surface area contributed by atoms with Crippen molar-refractivity contribution in [2.45, 2.75) is 6.54 Å². The number of hydrogen-bond acceptors (Lipinski definition) is 2. The first-order valence-corrected chi connectivity index (χ1v) is 6.94. The summed E-state index contributed by atoms with van der Waals surface area (Å²) in [5.74, 6) is 0. The second-order valence-corrected chi connectivity index (χ2v) is 5.20. The van der Waals surface area contributed by atoms with Gasteiger partial charge in [-0.25, -0.2) is 4.98 Å². The third kappa shape index (κ3) is 3.03. The Morgan fingerprint density at radius 1 is 1.00 bits per heavy atom. The zero-order chi connectivity index (χ0) is 14.7. The van der Waals surface area contributed by atoms with Crippen LogP contribution < -0.4 is 0 Å². The third-order valence-electron chi connectivity index (χ3n) is 3.35. The van der Waals surface area contributed by atoms with E-state index in [9.17, 15) is 4.79 Å². The van der Waals surface area contributed by atoms with Crippen LogP contribution in [-0.4, -0.2) is 15.8 Å². The van der Waals surface area contributed by atoms with Crippen LogP contribution in [-0.2, 0) is 6.54 Å². The molecule has 0 aliphatic carbocycles. The summed E-state index contributed by atoms with van der Waals surface area (Å²) in [5, 5.41) is 0.733. The second kappa shape index (κ2) is 5.94. The van der Waals surface area contributed by atoms with Crippen molar-refractivity contribution in [1.29, 1.82) is 0 Å². The zero-order valence-corrected chi connectivity index (χ0v) is 12.0. The molecule has 0 fully saturated rings. The smallest absolute Gasteiger partial charge is 0.168 e. The number of imidazole rings is 1. The molecular formula is C17H13ClN2O. The van der Waals surface area contributed by atoms with Crippen LogP contribution in [0.2, 0.25) is 5.02 Å². The quantitative estimate of drug-likeness (QED) is 0.680. The van der Waals surface area contributed by atoms with Gasteiger partial charge < -0.3 is 4.57 Å². The molecule has 1 aromatic heterocycles. The molecule has 0 amide bonds. The lowest BCUT2D eigenvalue weighted by Crippen LogP contribution is -2.02. The summed E-state index contributed by atoms with van der Waals surface area (Å²) in [7, 11) is 0. The van der Waals surface area contributed by atoms with Crippen LogP contribution in [0.4, 0.5) is 0 Å². The SMILES string of the molecule is O=Cc1cncn1Cc1ccc(-c2ccc(Cl)cc2)cc1. The Morgan fingerprint density at radius 2 is 1.62 bits per heavy atom. The minimum atomic E-state index is 0.580. The van der Waals surface area contributed by atoms with Gasteiger partial charge in [-0.05, 0) is 28.8 Å². The summed E-state index contributed by atoms with van der Waals surface area (Å²) >= 11 is 5.90. The molecular weight excluding hydrogens is 284 g/mol. The van der Waals surface area contributed by atoms with Gasteiger partial charge in [0.05, 0.1) is 12.5 Å². The summed E-state index contributed by atoms with van der Waals surface area (Å²) in [6.07, 6.45) is 4.04. The first-order valence-electron chi connectivity index (χ1n) is 6.56. The fourth-order valence-corrected chi connectivity index (χ4v) is 2.33. The number of nitrogens with zero attached hydrogens (tertiary/aromatic N) is 2. The van der Waals surface area contributed by atoms with Crippen LogP contribution in [0.5, 0.6) is 0 Å². The highest BCUT2D eigenvalue weighted by Crippen LogP contribution is 2.22. The van der Waals surface area contributed by atoms with Crippen molar-refractivity contribution in [3.63, 3.8) is 0 Å². The maximum Gasteiger partial charge on any atom is 0.168 e. The third-order valence-corrected chi connectivity index (χ3v) is 3.60. The lowest BCUT2D eigenvalue weighted by Gasteiger charge is -2.07. The summed E-state index contributed by atoms with van der Waals surface area (Å²) in [6.45, 7) is 0.634. The van der Waals surface area contributed by atoms with Gasteiger partial charge in [0, 0.05) is 11.6 Å². The Hall–Kier alpha value is -2.39. The number of carbonyl (C=O) groups is 1. The highest BCUT2D eigenvalue weighted by atomic mass is 35.5. The molecule has 0 spiro atoms. The number of benzene rings is 2. The first-order chi connectivity index (χ1) is 10.3. The topological polar surface area (TPSA) is 34.9 Å². The summed E-state index contributed by atoms with van der Waals surface area (Å²) in [4.78, 5) is 14.9. The van der Waals surface area contributed by atoms with E-state index >= 15 is 0 Å². The fraction of sp³-hybridized carbons (Fsp3) is 0.0588. The van der Waals surface area contributed by atoms with Crippen LogP contribution in [0, 0.1) is 0 Å². The largest absolute Gasteiger partial charge is 0.324 e. The average Bonchev–Trinajstić information content (AvgIpc) is 2.96. The molecule has 0 saturated carbocycles. The van der Waals surface area contributed by atoms with Crippen molar-refractivity contribution in [2.24, 2.45) is 0 Å². The van der Waals surface area contributed by atoms with Gasteiger partial charge in [0.15, 0.2) is 6.29 Å². The van der Waals surface area contributed by atoms with Gasteiger partial charge in [-0.15, -0.1) is 0 Å².